The van der Waals surface area contributed by atoms with Crippen LogP contribution in [0.1, 0.15) is 19.3 Å². The molecule has 0 atom stereocenters. The summed E-state index contributed by atoms with van der Waals surface area (Å²) in [6.07, 6.45) is 18.2. The van der Waals surface area contributed by atoms with E-state index in [1.54, 1.807) is 0 Å². The first-order chi connectivity index (χ1) is 5.45. The van der Waals surface area contributed by atoms with Gasteiger partial charge in [-0.05, 0) is 0 Å². The quantitative estimate of drug-likeness (QED) is 0.471. The Labute approximate surface area is 117 Å². The molecule has 14 heavy (non-hydrogen) atoms. The molecule has 0 unspecified atom stereocenters. The second kappa shape index (κ2) is 8.71. The van der Waals surface area contributed by atoms with Crippen molar-refractivity contribution in [3.8, 4) is 0 Å². The van der Waals surface area contributed by atoms with E-state index in [9.17, 15) is 0 Å². The minimum Gasteiger partial charge on any atom is -1.00 e. The normalized spacial score (nSPS) is 16.3. The number of hydrogen-bond donors (Lipinski definition) is 0. The van der Waals surface area contributed by atoms with Crippen LogP contribution in [0.3, 0.4) is 0 Å². The van der Waals surface area contributed by atoms with Crippen LogP contribution in [0.15, 0.2) is 35.5 Å². The molecule has 0 radical (unpaired) electrons. The zero-order valence-electron chi connectivity index (χ0n) is 7.69. The van der Waals surface area contributed by atoms with Gasteiger partial charge in [0.15, 0.2) is 0 Å². The summed E-state index contributed by atoms with van der Waals surface area (Å²) in [5.41, 5.74) is 2.64. The van der Waals surface area contributed by atoms with Crippen LogP contribution >= 0.6 is 0 Å². The summed E-state index contributed by atoms with van der Waals surface area (Å²) in [6.45, 7) is 0. The largest absolute Gasteiger partial charge is 4.00 e. The monoisotopic (exact) mass is 302 g/mol. The fraction of sp³-hybridized carbons (Fsp3) is 0.273. The first-order valence-corrected chi connectivity index (χ1v) is 3.97. The van der Waals surface area contributed by atoms with Gasteiger partial charge in [-0.25, -0.2) is 23.3 Å². The molecule has 0 aromatic heterocycles. The first kappa shape index (κ1) is 16.8. The predicted molar refractivity (Wildman–Crippen MR) is 45.6 cm³/mol. The number of allylic oxidation sites excluding steroid dienone is 8. The third kappa shape index (κ3) is 4.78. The van der Waals surface area contributed by atoms with Gasteiger partial charge in [-0.1, -0.05) is 6.42 Å². The van der Waals surface area contributed by atoms with Crippen molar-refractivity contribution in [2.75, 3.05) is 0 Å². The summed E-state index contributed by atoms with van der Waals surface area (Å²) < 4.78 is 0. The molecule has 0 aromatic carbocycles. The Kier molecular flexibility index (Phi) is 10.5. The molecule has 72 valence electrons. The smallest absolute Gasteiger partial charge is 1.00 e. The van der Waals surface area contributed by atoms with E-state index < -0.39 is 0 Å². The summed E-state index contributed by atoms with van der Waals surface area (Å²) >= 11 is 0. The molecule has 2 aliphatic carbocycles. The van der Waals surface area contributed by atoms with Crippen LogP contribution in [0, 0.1) is 12.2 Å². The van der Waals surface area contributed by atoms with E-state index in [0.717, 1.165) is 19.3 Å². The molecule has 0 nitrogen and oxygen atoms in total. The maximum Gasteiger partial charge on any atom is 4.00 e. The predicted octanol–water partition coefficient (Wildman–Crippen LogP) is -3.24. The third-order valence-corrected chi connectivity index (χ3v) is 1.91. The van der Waals surface area contributed by atoms with Gasteiger partial charge in [-0.3, -0.25) is 12.2 Å². The van der Waals surface area contributed by atoms with Gasteiger partial charge in [0.1, 0.15) is 0 Å². The SMILES string of the molecule is [C-]1=C(CC2=[C-]CC=C2)C=CC1.[Cl-].[Cl-].[Zr+4]. The van der Waals surface area contributed by atoms with Crippen molar-refractivity contribution in [1.82, 2.24) is 0 Å². The van der Waals surface area contributed by atoms with E-state index in [1.807, 2.05) is 0 Å². The minimum atomic E-state index is 0. The maximum atomic E-state index is 3.29. The summed E-state index contributed by atoms with van der Waals surface area (Å²) in [5.74, 6) is 0. The van der Waals surface area contributed by atoms with Gasteiger partial charge in [0.05, 0.1) is 0 Å². The van der Waals surface area contributed by atoms with Gasteiger partial charge in [-0.2, -0.15) is 12.2 Å². The Hall–Kier alpha value is 0.423. The second-order valence-electron chi connectivity index (χ2n) is 2.79. The van der Waals surface area contributed by atoms with Gasteiger partial charge >= 0.3 is 26.2 Å². The van der Waals surface area contributed by atoms with Crippen molar-refractivity contribution >= 4 is 0 Å². The van der Waals surface area contributed by atoms with E-state index in [2.05, 4.69) is 36.5 Å². The molecule has 0 saturated carbocycles. The van der Waals surface area contributed by atoms with Crippen LogP contribution in [-0.2, 0) is 26.2 Å². The molecule has 2 aliphatic rings. The summed E-state index contributed by atoms with van der Waals surface area (Å²) in [4.78, 5) is 0. The molecule has 3 heteroatoms. The summed E-state index contributed by atoms with van der Waals surface area (Å²) in [5, 5.41) is 0. The van der Waals surface area contributed by atoms with E-state index in [4.69, 9.17) is 0 Å². The Morgan fingerprint density at radius 3 is 1.64 bits per heavy atom. The summed E-state index contributed by atoms with van der Waals surface area (Å²) in [7, 11) is 0. The zero-order valence-corrected chi connectivity index (χ0v) is 11.7. The van der Waals surface area contributed by atoms with Crippen molar-refractivity contribution in [1.29, 1.82) is 0 Å². The van der Waals surface area contributed by atoms with Gasteiger partial charge < -0.3 is 24.8 Å². The van der Waals surface area contributed by atoms with Gasteiger partial charge in [-0.15, -0.1) is 12.8 Å². The van der Waals surface area contributed by atoms with E-state index in [1.165, 1.54) is 11.1 Å². The average molecular weight is 304 g/mol. The van der Waals surface area contributed by atoms with Gasteiger partial charge in [0.2, 0.25) is 0 Å². The van der Waals surface area contributed by atoms with Gasteiger partial charge in [0, 0.05) is 0 Å². The number of rotatable bonds is 2. The molecule has 0 aromatic rings. The topological polar surface area (TPSA) is 0 Å². The standard InChI is InChI=1S/C11H10.2ClH.Zr/c1-2-6-10(5-1)9-11-7-3-4-8-11;;;/h1,3,5,7H,2,4,9H2;2*1H;/q-2;;;+4/p-2. The molecule has 0 heterocycles. The van der Waals surface area contributed by atoms with Crippen LogP contribution < -0.4 is 24.8 Å². The van der Waals surface area contributed by atoms with Crippen LogP contribution in [0.4, 0.5) is 0 Å². The van der Waals surface area contributed by atoms with Crippen molar-refractivity contribution in [3.63, 3.8) is 0 Å². The summed E-state index contributed by atoms with van der Waals surface area (Å²) in [6, 6.07) is 0. The fourth-order valence-electron chi connectivity index (χ4n) is 1.35. The molecule has 0 fully saturated rings. The molecular formula is C11H10Cl2Zr. The number of halogens is 2. The molecule has 0 amide bonds. The zero-order chi connectivity index (χ0) is 7.52. The first-order valence-electron chi connectivity index (χ1n) is 3.97. The minimum absolute atomic E-state index is 0. The van der Waals surface area contributed by atoms with Crippen molar-refractivity contribution < 1.29 is 51.0 Å². The van der Waals surface area contributed by atoms with Crippen LogP contribution in [0.25, 0.3) is 0 Å². The van der Waals surface area contributed by atoms with Crippen molar-refractivity contribution in [2.45, 2.75) is 19.3 Å². The number of hydrogen-bond acceptors (Lipinski definition) is 0. The fourth-order valence-corrected chi connectivity index (χ4v) is 1.35. The molecule has 0 bridgehead atoms. The van der Waals surface area contributed by atoms with Crippen molar-refractivity contribution in [3.05, 3.63) is 47.6 Å². The maximum absolute atomic E-state index is 3.29. The Morgan fingerprint density at radius 2 is 1.36 bits per heavy atom. The van der Waals surface area contributed by atoms with E-state index in [0.29, 0.717) is 0 Å². The van der Waals surface area contributed by atoms with Crippen LogP contribution in [0.5, 0.6) is 0 Å². The molecule has 0 N–H and O–H groups in total. The van der Waals surface area contributed by atoms with Gasteiger partial charge in [0.25, 0.3) is 0 Å². The second-order valence-corrected chi connectivity index (χ2v) is 2.79. The van der Waals surface area contributed by atoms with E-state index >= 15 is 0 Å². The Morgan fingerprint density at radius 1 is 0.929 bits per heavy atom. The molecule has 0 spiro atoms. The van der Waals surface area contributed by atoms with Crippen LogP contribution in [0.2, 0.25) is 0 Å². The molecular weight excluding hydrogens is 294 g/mol. The Bertz CT molecular complexity index is 247. The Balaban J connectivity index is 0. The van der Waals surface area contributed by atoms with Crippen LogP contribution in [-0.4, -0.2) is 0 Å². The molecule has 0 saturated heterocycles. The average Bonchev–Trinajstić information content (AvgIpc) is 2.60. The molecule has 2 rings (SSSR count). The third-order valence-electron chi connectivity index (χ3n) is 1.91. The van der Waals surface area contributed by atoms with E-state index in [-0.39, 0.29) is 51.0 Å². The molecule has 0 aliphatic heterocycles. The van der Waals surface area contributed by atoms with Crippen molar-refractivity contribution in [2.24, 2.45) is 0 Å².